The number of hydrogen-bond donors (Lipinski definition) is 1. The number of rotatable bonds is 13. The Hall–Kier alpha value is -2.49. The number of carbonyl (C=O) groups is 2. The molecule has 0 radical (unpaired) electrons. The predicted octanol–water partition coefficient (Wildman–Crippen LogP) is 4.49. The lowest BCUT2D eigenvalue weighted by molar-refractivity contribution is -0.140. The standard InChI is InChI=1S/C25H33Cl2N3O5S/c1-5-13-28-25(32)18(2)29(17-19-8-6-9-21(15-19)35-3)24(31)10-7-14-30(36(4,33)34)23-16-20(26)11-12-22(23)27/h6,8-9,11-12,15-16,18H,5,7,10,13-14,17H2,1-4H3,(H,28,32)/t18-/m1/s1. The van der Waals surface area contributed by atoms with Crippen LogP contribution in [0.5, 0.6) is 5.75 Å². The lowest BCUT2D eigenvalue weighted by Gasteiger charge is -2.29. The third kappa shape index (κ3) is 8.57. The largest absolute Gasteiger partial charge is 0.497 e. The summed E-state index contributed by atoms with van der Waals surface area (Å²) in [7, 11) is -2.13. The van der Waals surface area contributed by atoms with Gasteiger partial charge in [0.2, 0.25) is 21.8 Å². The van der Waals surface area contributed by atoms with Crippen molar-refractivity contribution in [3.05, 3.63) is 58.1 Å². The van der Waals surface area contributed by atoms with Crippen LogP contribution in [0.15, 0.2) is 42.5 Å². The van der Waals surface area contributed by atoms with Gasteiger partial charge in [0.25, 0.3) is 0 Å². The van der Waals surface area contributed by atoms with E-state index in [4.69, 9.17) is 27.9 Å². The second-order valence-electron chi connectivity index (χ2n) is 8.37. The zero-order valence-electron chi connectivity index (χ0n) is 21.0. The van der Waals surface area contributed by atoms with Gasteiger partial charge in [0.15, 0.2) is 0 Å². The SMILES string of the molecule is CCCNC(=O)[C@@H](C)N(Cc1cccc(OC)c1)C(=O)CCCN(c1cc(Cl)ccc1Cl)S(C)(=O)=O. The molecule has 0 aliphatic carbocycles. The van der Waals surface area contributed by atoms with E-state index in [1.54, 1.807) is 26.2 Å². The van der Waals surface area contributed by atoms with E-state index in [0.717, 1.165) is 22.5 Å². The van der Waals surface area contributed by atoms with Crippen LogP contribution >= 0.6 is 23.2 Å². The molecular formula is C25H33Cl2N3O5S. The van der Waals surface area contributed by atoms with Gasteiger partial charge in [0.05, 0.1) is 24.1 Å². The Balaban J connectivity index is 2.21. The fraction of sp³-hybridized carbons (Fsp3) is 0.440. The quantitative estimate of drug-likeness (QED) is 0.391. The molecule has 2 amide bonds. The highest BCUT2D eigenvalue weighted by atomic mass is 35.5. The van der Waals surface area contributed by atoms with Crippen molar-refractivity contribution >= 4 is 50.7 Å². The van der Waals surface area contributed by atoms with Gasteiger partial charge in [-0.15, -0.1) is 0 Å². The normalized spacial score (nSPS) is 12.1. The molecule has 2 aromatic rings. The summed E-state index contributed by atoms with van der Waals surface area (Å²) in [4.78, 5) is 27.5. The maximum Gasteiger partial charge on any atom is 0.242 e. The zero-order valence-corrected chi connectivity index (χ0v) is 23.3. The van der Waals surface area contributed by atoms with Gasteiger partial charge in [-0.25, -0.2) is 8.42 Å². The van der Waals surface area contributed by atoms with Crippen molar-refractivity contribution in [1.82, 2.24) is 10.2 Å². The van der Waals surface area contributed by atoms with Crippen molar-refractivity contribution in [2.45, 2.75) is 45.7 Å². The molecule has 0 bridgehead atoms. The fourth-order valence-corrected chi connectivity index (χ4v) is 5.01. The molecule has 0 saturated heterocycles. The van der Waals surface area contributed by atoms with Crippen LogP contribution in [-0.2, 0) is 26.2 Å². The van der Waals surface area contributed by atoms with Crippen molar-refractivity contribution in [2.75, 3.05) is 30.8 Å². The van der Waals surface area contributed by atoms with Crippen LogP contribution < -0.4 is 14.4 Å². The molecule has 0 saturated carbocycles. The average Bonchev–Trinajstić information content (AvgIpc) is 2.84. The molecule has 0 unspecified atom stereocenters. The van der Waals surface area contributed by atoms with Gasteiger partial charge < -0.3 is 15.0 Å². The second kappa shape index (κ2) is 13.7. The predicted molar refractivity (Wildman–Crippen MR) is 144 cm³/mol. The van der Waals surface area contributed by atoms with Crippen LogP contribution in [0.25, 0.3) is 0 Å². The van der Waals surface area contributed by atoms with Crippen molar-refractivity contribution < 1.29 is 22.7 Å². The smallest absolute Gasteiger partial charge is 0.242 e. The van der Waals surface area contributed by atoms with E-state index in [9.17, 15) is 18.0 Å². The van der Waals surface area contributed by atoms with Crippen LogP contribution in [0.4, 0.5) is 5.69 Å². The Kier molecular flexibility index (Phi) is 11.3. The van der Waals surface area contributed by atoms with Gasteiger partial charge >= 0.3 is 0 Å². The number of carbonyl (C=O) groups excluding carboxylic acids is 2. The van der Waals surface area contributed by atoms with Gasteiger partial charge in [0, 0.05) is 31.1 Å². The number of benzene rings is 2. The van der Waals surface area contributed by atoms with E-state index in [1.807, 2.05) is 25.1 Å². The van der Waals surface area contributed by atoms with Crippen LogP contribution in [0.2, 0.25) is 10.0 Å². The number of ether oxygens (including phenoxy) is 1. The Bertz CT molecular complexity index is 1160. The Labute approximate surface area is 223 Å². The first-order chi connectivity index (χ1) is 17.0. The minimum Gasteiger partial charge on any atom is -0.497 e. The minimum atomic E-state index is -3.68. The lowest BCUT2D eigenvalue weighted by atomic mass is 10.1. The summed E-state index contributed by atoms with van der Waals surface area (Å²) in [5, 5.41) is 3.41. The van der Waals surface area contributed by atoms with Crippen LogP contribution in [-0.4, -0.2) is 57.6 Å². The summed E-state index contributed by atoms with van der Waals surface area (Å²) in [5.41, 5.74) is 1.06. The number of hydrogen-bond acceptors (Lipinski definition) is 5. The summed E-state index contributed by atoms with van der Waals surface area (Å²) >= 11 is 12.3. The maximum absolute atomic E-state index is 13.3. The average molecular weight is 559 g/mol. The van der Waals surface area contributed by atoms with Gasteiger partial charge in [-0.3, -0.25) is 13.9 Å². The summed E-state index contributed by atoms with van der Waals surface area (Å²) in [6.07, 6.45) is 2.09. The molecule has 198 valence electrons. The fourth-order valence-electron chi connectivity index (χ4n) is 3.61. The molecule has 0 aliphatic heterocycles. The number of sulfonamides is 1. The van der Waals surface area contributed by atoms with Crippen LogP contribution in [0, 0.1) is 0 Å². The first-order valence-electron chi connectivity index (χ1n) is 11.6. The molecule has 0 aromatic heterocycles. The molecule has 0 spiro atoms. The van der Waals surface area contributed by atoms with E-state index in [-0.39, 0.29) is 48.5 Å². The van der Waals surface area contributed by atoms with Crippen molar-refractivity contribution in [3.63, 3.8) is 0 Å². The molecule has 2 rings (SSSR count). The third-order valence-electron chi connectivity index (χ3n) is 5.53. The van der Waals surface area contributed by atoms with Crippen LogP contribution in [0.3, 0.4) is 0 Å². The third-order valence-corrected chi connectivity index (χ3v) is 7.27. The van der Waals surface area contributed by atoms with Gasteiger partial charge in [-0.2, -0.15) is 0 Å². The second-order valence-corrected chi connectivity index (χ2v) is 11.1. The highest BCUT2D eigenvalue weighted by Gasteiger charge is 2.27. The van der Waals surface area contributed by atoms with E-state index in [0.29, 0.717) is 17.3 Å². The highest BCUT2D eigenvalue weighted by molar-refractivity contribution is 7.92. The summed E-state index contributed by atoms with van der Waals surface area (Å²) in [6.45, 7) is 4.36. The number of halogens is 2. The number of amides is 2. The molecule has 36 heavy (non-hydrogen) atoms. The molecule has 1 N–H and O–H groups in total. The van der Waals surface area contributed by atoms with E-state index in [1.165, 1.54) is 17.0 Å². The molecule has 0 aliphatic rings. The molecular weight excluding hydrogens is 525 g/mol. The molecule has 8 nitrogen and oxygen atoms in total. The van der Waals surface area contributed by atoms with Crippen molar-refractivity contribution in [1.29, 1.82) is 0 Å². The number of nitrogens with one attached hydrogen (secondary N) is 1. The number of anilines is 1. The molecule has 0 heterocycles. The van der Waals surface area contributed by atoms with Crippen LogP contribution in [0.1, 0.15) is 38.7 Å². The minimum absolute atomic E-state index is 0.0219. The van der Waals surface area contributed by atoms with Gasteiger partial charge in [0.1, 0.15) is 11.8 Å². The van der Waals surface area contributed by atoms with Crippen molar-refractivity contribution in [3.8, 4) is 5.75 Å². The summed E-state index contributed by atoms with van der Waals surface area (Å²) in [6, 6.07) is 11.1. The Morgan fingerprint density at radius 3 is 2.50 bits per heavy atom. The van der Waals surface area contributed by atoms with Crippen molar-refractivity contribution in [2.24, 2.45) is 0 Å². The Morgan fingerprint density at radius 1 is 1.14 bits per heavy atom. The number of methoxy groups -OCH3 is 1. The van der Waals surface area contributed by atoms with Gasteiger partial charge in [-0.1, -0.05) is 42.3 Å². The number of nitrogens with zero attached hydrogens (tertiary/aromatic N) is 2. The molecule has 0 fully saturated rings. The van der Waals surface area contributed by atoms with E-state index >= 15 is 0 Å². The first-order valence-corrected chi connectivity index (χ1v) is 14.2. The highest BCUT2D eigenvalue weighted by Crippen LogP contribution is 2.31. The van der Waals surface area contributed by atoms with E-state index in [2.05, 4.69) is 5.32 Å². The van der Waals surface area contributed by atoms with Gasteiger partial charge in [-0.05, 0) is 55.7 Å². The molecule has 1 atom stereocenters. The molecule has 2 aromatic carbocycles. The van der Waals surface area contributed by atoms with E-state index < -0.39 is 16.1 Å². The lowest BCUT2D eigenvalue weighted by Crippen LogP contribution is -2.47. The molecule has 11 heteroatoms. The summed E-state index contributed by atoms with van der Waals surface area (Å²) in [5.74, 6) is 0.115. The first kappa shape index (κ1) is 29.7. The Morgan fingerprint density at radius 2 is 1.86 bits per heavy atom. The summed E-state index contributed by atoms with van der Waals surface area (Å²) < 4.78 is 31.4. The topological polar surface area (TPSA) is 96.0 Å². The zero-order chi connectivity index (χ0) is 26.9. The monoisotopic (exact) mass is 557 g/mol. The maximum atomic E-state index is 13.3.